The van der Waals surface area contributed by atoms with Crippen molar-refractivity contribution in [3.63, 3.8) is 0 Å². The van der Waals surface area contributed by atoms with E-state index in [0.29, 0.717) is 5.56 Å². The lowest BCUT2D eigenvalue weighted by atomic mass is 10.1. The van der Waals surface area contributed by atoms with Crippen molar-refractivity contribution in [1.29, 1.82) is 0 Å². The minimum atomic E-state index is -0.970. The summed E-state index contributed by atoms with van der Waals surface area (Å²) in [4.78, 5) is 27.1. The third-order valence-electron chi connectivity index (χ3n) is 4.81. The minimum absolute atomic E-state index is 0.186. The second-order valence-electron chi connectivity index (χ2n) is 7.23. The maximum absolute atomic E-state index is 13.3. The summed E-state index contributed by atoms with van der Waals surface area (Å²) < 4.78 is 5.84. The van der Waals surface area contributed by atoms with Gasteiger partial charge in [0.15, 0.2) is 0 Å². The molecule has 1 saturated carbocycles. The molecule has 1 amide bonds. The smallest absolute Gasteiger partial charge is 0.325 e. The van der Waals surface area contributed by atoms with Gasteiger partial charge in [0, 0.05) is 16.5 Å². The van der Waals surface area contributed by atoms with Gasteiger partial charge in [0.05, 0.1) is 0 Å². The zero-order valence-electron chi connectivity index (χ0n) is 16.4. The van der Waals surface area contributed by atoms with Crippen LogP contribution in [0.2, 0.25) is 0 Å². The van der Waals surface area contributed by atoms with Crippen LogP contribution in [-0.4, -0.2) is 17.9 Å². The molecule has 1 fully saturated rings. The lowest BCUT2D eigenvalue weighted by Crippen LogP contribution is -2.34. The van der Waals surface area contributed by atoms with Gasteiger partial charge in [-0.15, -0.1) is 11.8 Å². The van der Waals surface area contributed by atoms with Crippen LogP contribution in [0.1, 0.15) is 35.3 Å². The molecule has 152 valence electrons. The second kappa shape index (κ2) is 9.63. The van der Waals surface area contributed by atoms with Crippen LogP contribution in [0, 0.1) is 0 Å². The average molecular weight is 418 g/mol. The Morgan fingerprint density at radius 2 is 1.33 bits per heavy atom. The molecule has 30 heavy (non-hydrogen) atoms. The molecule has 0 spiro atoms. The Morgan fingerprint density at radius 1 is 0.800 bits per heavy atom. The van der Waals surface area contributed by atoms with E-state index in [0.717, 1.165) is 23.3 Å². The van der Waals surface area contributed by atoms with Gasteiger partial charge in [-0.05, 0) is 30.5 Å². The standard InChI is InChI=1S/C25H23NO3S/c27-24(26-20-16-17-20)22(18-10-4-1-5-11-18)29-25(28)23(19-12-6-2-7-13-19)30-21-14-8-3-9-15-21/h1-15,20,22-23H,16-17H2,(H,26,27)/t22-,23+/m0/s1. The van der Waals surface area contributed by atoms with Gasteiger partial charge in [0.1, 0.15) is 5.25 Å². The average Bonchev–Trinajstić information content (AvgIpc) is 3.61. The fourth-order valence-electron chi connectivity index (χ4n) is 3.10. The van der Waals surface area contributed by atoms with Crippen LogP contribution in [0.4, 0.5) is 0 Å². The van der Waals surface area contributed by atoms with E-state index >= 15 is 0 Å². The summed E-state index contributed by atoms with van der Waals surface area (Å²) in [7, 11) is 0. The molecule has 0 saturated heterocycles. The Hall–Kier alpha value is -3.05. The first kappa shape index (κ1) is 20.2. The molecule has 4 nitrogen and oxygen atoms in total. The number of ether oxygens (including phenoxy) is 1. The van der Waals surface area contributed by atoms with E-state index in [1.807, 2.05) is 91.0 Å². The number of amides is 1. The third kappa shape index (κ3) is 5.30. The van der Waals surface area contributed by atoms with Crippen molar-refractivity contribution < 1.29 is 14.3 Å². The summed E-state index contributed by atoms with van der Waals surface area (Å²) in [5, 5.41) is 2.39. The molecule has 1 aliphatic rings. The third-order valence-corrected chi connectivity index (χ3v) is 6.06. The number of hydrogen-bond acceptors (Lipinski definition) is 4. The zero-order chi connectivity index (χ0) is 20.8. The quantitative estimate of drug-likeness (QED) is 0.410. The fourth-order valence-corrected chi connectivity index (χ4v) is 4.13. The summed E-state index contributed by atoms with van der Waals surface area (Å²) in [6.45, 7) is 0. The Kier molecular flexibility index (Phi) is 6.50. The summed E-state index contributed by atoms with van der Waals surface area (Å²) in [5.74, 6) is -0.705. The maximum Gasteiger partial charge on any atom is 0.325 e. The molecule has 0 unspecified atom stereocenters. The number of nitrogens with one attached hydrogen (secondary N) is 1. The van der Waals surface area contributed by atoms with Crippen molar-refractivity contribution in [2.75, 3.05) is 0 Å². The van der Waals surface area contributed by atoms with E-state index in [4.69, 9.17) is 4.74 Å². The lowest BCUT2D eigenvalue weighted by molar-refractivity contribution is -0.156. The molecule has 0 heterocycles. The topological polar surface area (TPSA) is 55.4 Å². The molecule has 0 aromatic heterocycles. The molecule has 0 bridgehead atoms. The highest BCUT2D eigenvalue weighted by atomic mass is 32.2. The van der Waals surface area contributed by atoms with Crippen LogP contribution in [0.5, 0.6) is 0 Å². The first-order valence-electron chi connectivity index (χ1n) is 10.0. The van der Waals surface area contributed by atoms with Crippen molar-refractivity contribution in [2.45, 2.75) is 35.1 Å². The molecule has 4 rings (SSSR count). The predicted octanol–water partition coefficient (Wildman–Crippen LogP) is 5.08. The highest BCUT2D eigenvalue weighted by molar-refractivity contribution is 8.00. The van der Waals surface area contributed by atoms with Gasteiger partial charge in [-0.1, -0.05) is 78.9 Å². The molecule has 1 aliphatic carbocycles. The van der Waals surface area contributed by atoms with Gasteiger partial charge in [-0.2, -0.15) is 0 Å². The highest BCUT2D eigenvalue weighted by Gasteiger charge is 2.33. The Balaban J connectivity index is 1.59. The first-order valence-corrected chi connectivity index (χ1v) is 10.9. The van der Waals surface area contributed by atoms with Crippen molar-refractivity contribution in [1.82, 2.24) is 5.32 Å². The number of hydrogen-bond donors (Lipinski definition) is 1. The normalized spacial score (nSPS) is 15.1. The van der Waals surface area contributed by atoms with Gasteiger partial charge in [-0.25, -0.2) is 0 Å². The lowest BCUT2D eigenvalue weighted by Gasteiger charge is -2.22. The number of carbonyl (C=O) groups is 2. The molecular formula is C25H23NO3S. The minimum Gasteiger partial charge on any atom is -0.446 e. The van der Waals surface area contributed by atoms with E-state index in [2.05, 4.69) is 5.32 Å². The van der Waals surface area contributed by atoms with Crippen molar-refractivity contribution in [3.05, 3.63) is 102 Å². The molecule has 3 aromatic carbocycles. The van der Waals surface area contributed by atoms with E-state index in [1.165, 1.54) is 11.8 Å². The van der Waals surface area contributed by atoms with Gasteiger partial charge in [-0.3, -0.25) is 9.59 Å². The number of benzene rings is 3. The first-order chi connectivity index (χ1) is 14.7. The zero-order valence-corrected chi connectivity index (χ0v) is 17.3. The maximum atomic E-state index is 13.3. The van der Waals surface area contributed by atoms with Crippen LogP contribution in [0.25, 0.3) is 0 Å². The molecular weight excluding hydrogens is 394 g/mol. The van der Waals surface area contributed by atoms with Crippen LogP contribution in [0.15, 0.2) is 95.9 Å². The summed E-state index contributed by atoms with van der Waals surface area (Å²) in [6, 6.07) is 28.6. The SMILES string of the molecule is O=C(NC1CC1)[C@@H](OC(=O)[C@H](Sc1ccccc1)c1ccccc1)c1ccccc1. The van der Waals surface area contributed by atoms with Gasteiger partial charge in [0.25, 0.3) is 5.91 Å². The summed E-state index contributed by atoms with van der Waals surface area (Å²) in [6.07, 6.45) is 0.969. The fraction of sp³-hybridized carbons (Fsp3) is 0.200. The van der Waals surface area contributed by atoms with Gasteiger partial charge in [0.2, 0.25) is 6.10 Å². The van der Waals surface area contributed by atoms with E-state index in [1.54, 1.807) is 0 Å². The molecule has 2 atom stereocenters. The Bertz CT molecular complexity index is 975. The van der Waals surface area contributed by atoms with E-state index < -0.39 is 17.3 Å². The van der Waals surface area contributed by atoms with Gasteiger partial charge >= 0.3 is 5.97 Å². The monoisotopic (exact) mass is 417 g/mol. The van der Waals surface area contributed by atoms with Crippen LogP contribution in [-0.2, 0) is 14.3 Å². The summed E-state index contributed by atoms with van der Waals surface area (Å²) in [5.41, 5.74) is 1.51. The number of thioether (sulfide) groups is 1. The molecule has 0 aliphatic heterocycles. The predicted molar refractivity (Wildman–Crippen MR) is 118 cm³/mol. The Morgan fingerprint density at radius 3 is 1.90 bits per heavy atom. The molecule has 1 N–H and O–H groups in total. The number of rotatable bonds is 8. The molecule has 0 radical (unpaired) electrons. The van der Waals surface area contributed by atoms with Gasteiger partial charge < -0.3 is 10.1 Å². The van der Waals surface area contributed by atoms with Crippen molar-refractivity contribution in [2.24, 2.45) is 0 Å². The molecule has 5 heteroatoms. The van der Waals surface area contributed by atoms with E-state index in [9.17, 15) is 9.59 Å². The molecule has 3 aromatic rings. The largest absolute Gasteiger partial charge is 0.446 e. The summed E-state index contributed by atoms with van der Waals surface area (Å²) >= 11 is 1.42. The van der Waals surface area contributed by atoms with Crippen molar-refractivity contribution >= 4 is 23.6 Å². The van der Waals surface area contributed by atoms with Crippen LogP contribution in [0.3, 0.4) is 0 Å². The van der Waals surface area contributed by atoms with Crippen LogP contribution >= 0.6 is 11.8 Å². The van der Waals surface area contributed by atoms with E-state index in [-0.39, 0.29) is 11.9 Å². The van der Waals surface area contributed by atoms with Crippen LogP contribution < -0.4 is 5.32 Å². The van der Waals surface area contributed by atoms with Crippen molar-refractivity contribution in [3.8, 4) is 0 Å². The number of esters is 1. The second-order valence-corrected chi connectivity index (χ2v) is 8.41. The number of carbonyl (C=O) groups excluding carboxylic acids is 2. The Labute approximate surface area is 180 Å². The highest BCUT2D eigenvalue weighted by Crippen LogP contribution is 2.37.